The molecule has 20 heavy (non-hydrogen) atoms. The number of benzene rings is 1. The first-order valence-electron chi connectivity index (χ1n) is 7.30. The van der Waals surface area contributed by atoms with Gasteiger partial charge in [-0.15, -0.1) is 5.10 Å². The molecule has 2 saturated carbocycles. The maximum Gasteiger partial charge on any atom is 0.182 e. The van der Waals surface area contributed by atoms with Crippen molar-refractivity contribution in [1.82, 2.24) is 20.2 Å². The zero-order valence-corrected chi connectivity index (χ0v) is 11.7. The fraction of sp³-hybridized carbons (Fsp3) is 0.533. The van der Waals surface area contributed by atoms with Gasteiger partial charge in [0.1, 0.15) is 0 Å². The van der Waals surface area contributed by atoms with Crippen LogP contribution in [0, 0.1) is 18.3 Å². The van der Waals surface area contributed by atoms with Crippen LogP contribution >= 0.6 is 0 Å². The summed E-state index contributed by atoms with van der Waals surface area (Å²) in [5.41, 5.74) is 9.33. The predicted molar refractivity (Wildman–Crippen MR) is 76.8 cm³/mol. The minimum absolute atomic E-state index is 0.486. The number of aromatic nitrogens is 4. The highest BCUT2D eigenvalue weighted by Gasteiger charge is 2.54. The molecule has 4 rings (SSSR count). The van der Waals surface area contributed by atoms with E-state index in [1.54, 1.807) is 0 Å². The number of tetrazole rings is 1. The van der Waals surface area contributed by atoms with Crippen LogP contribution in [0.25, 0.3) is 11.4 Å². The molecule has 1 heterocycles. The molecule has 2 fully saturated rings. The number of anilines is 1. The van der Waals surface area contributed by atoms with Crippen molar-refractivity contribution >= 4 is 5.69 Å². The van der Waals surface area contributed by atoms with E-state index in [2.05, 4.69) is 21.6 Å². The van der Waals surface area contributed by atoms with E-state index in [-0.39, 0.29) is 0 Å². The maximum atomic E-state index is 5.94. The topological polar surface area (TPSA) is 69.6 Å². The Morgan fingerprint density at radius 1 is 1.30 bits per heavy atom. The fourth-order valence-electron chi connectivity index (χ4n) is 3.31. The molecular weight excluding hydrogens is 250 g/mol. The van der Waals surface area contributed by atoms with Crippen molar-refractivity contribution in [2.75, 3.05) is 5.73 Å². The van der Waals surface area contributed by atoms with Gasteiger partial charge >= 0.3 is 0 Å². The van der Waals surface area contributed by atoms with Gasteiger partial charge in [0.05, 0.1) is 6.54 Å². The summed E-state index contributed by atoms with van der Waals surface area (Å²) in [6.07, 6.45) is 5.42. The average Bonchev–Trinajstić information content (AvgIpc) is 3.27. The Labute approximate surface area is 118 Å². The van der Waals surface area contributed by atoms with Gasteiger partial charge in [-0.25, -0.2) is 4.68 Å². The summed E-state index contributed by atoms with van der Waals surface area (Å²) >= 11 is 0. The number of hydrogen-bond donors (Lipinski definition) is 1. The van der Waals surface area contributed by atoms with Crippen molar-refractivity contribution in [2.24, 2.45) is 11.3 Å². The summed E-state index contributed by atoms with van der Waals surface area (Å²) in [6.45, 7) is 2.99. The molecule has 0 radical (unpaired) electrons. The van der Waals surface area contributed by atoms with Crippen molar-refractivity contribution in [3.05, 3.63) is 23.8 Å². The number of nitrogens with two attached hydrogens (primary N) is 1. The molecule has 1 aromatic heterocycles. The molecule has 0 bridgehead atoms. The van der Waals surface area contributed by atoms with Gasteiger partial charge in [0.25, 0.3) is 0 Å². The van der Waals surface area contributed by atoms with Gasteiger partial charge in [-0.1, -0.05) is 0 Å². The van der Waals surface area contributed by atoms with E-state index in [1.807, 2.05) is 23.7 Å². The van der Waals surface area contributed by atoms with E-state index in [0.29, 0.717) is 5.41 Å². The van der Waals surface area contributed by atoms with E-state index in [9.17, 15) is 0 Å². The Kier molecular flexibility index (Phi) is 2.40. The maximum absolute atomic E-state index is 5.94. The highest BCUT2D eigenvalue weighted by molar-refractivity contribution is 5.62. The van der Waals surface area contributed by atoms with E-state index in [1.165, 1.54) is 25.7 Å². The molecule has 0 aliphatic heterocycles. The lowest BCUT2D eigenvalue weighted by atomic mass is 10.0. The van der Waals surface area contributed by atoms with Gasteiger partial charge in [0, 0.05) is 11.3 Å². The first kappa shape index (κ1) is 11.9. The summed E-state index contributed by atoms with van der Waals surface area (Å²) in [7, 11) is 0. The van der Waals surface area contributed by atoms with Crippen LogP contribution in [-0.4, -0.2) is 20.2 Å². The summed E-state index contributed by atoms with van der Waals surface area (Å²) in [6, 6.07) is 6.01. The summed E-state index contributed by atoms with van der Waals surface area (Å²) in [5, 5.41) is 12.3. The van der Waals surface area contributed by atoms with Gasteiger partial charge in [-0.05, 0) is 78.1 Å². The second-order valence-electron chi connectivity index (χ2n) is 6.43. The van der Waals surface area contributed by atoms with Crippen molar-refractivity contribution < 1.29 is 0 Å². The Hall–Kier alpha value is -1.91. The molecule has 0 saturated heterocycles. The zero-order chi connectivity index (χ0) is 13.7. The Morgan fingerprint density at radius 3 is 2.75 bits per heavy atom. The van der Waals surface area contributed by atoms with Gasteiger partial charge in [0.15, 0.2) is 5.82 Å². The standard InChI is InChI=1S/C15H19N5/c1-10-6-11(8-13(16)7-10)14-17-18-19-20(14)9-15(4-5-15)12-2-3-12/h6-8,12H,2-5,9,16H2,1H3. The summed E-state index contributed by atoms with van der Waals surface area (Å²) < 4.78 is 1.97. The van der Waals surface area contributed by atoms with Crippen molar-refractivity contribution in [2.45, 2.75) is 39.2 Å². The van der Waals surface area contributed by atoms with Gasteiger partial charge in [-0.2, -0.15) is 0 Å². The lowest BCUT2D eigenvalue weighted by molar-refractivity contribution is 0.348. The lowest BCUT2D eigenvalue weighted by Crippen LogP contribution is -2.16. The predicted octanol–water partition coefficient (Wildman–Crippen LogP) is 2.42. The Morgan fingerprint density at radius 2 is 2.10 bits per heavy atom. The third-order valence-corrected chi connectivity index (χ3v) is 4.69. The third kappa shape index (κ3) is 1.97. The van der Waals surface area contributed by atoms with Crippen LogP contribution in [0.15, 0.2) is 18.2 Å². The first-order chi connectivity index (χ1) is 9.66. The Balaban J connectivity index is 1.67. The average molecular weight is 269 g/mol. The van der Waals surface area contributed by atoms with Crippen LogP contribution < -0.4 is 5.73 Å². The first-order valence-corrected chi connectivity index (χ1v) is 7.30. The van der Waals surface area contributed by atoms with E-state index in [0.717, 1.165) is 35.1 Å². The highest BCUT2D eigenvalue weighted by Crippen LogP contribution is 2.62. The molecule has 104 valence electrons. The van der Waals surface area contributed by atoms with Gasteiger partial charge in [0.2, 0.25) is 0 Å². The molecule has 0 unspecified atom stereocenters. The highest BCUT2D eigenvalue weighted by atomic mass is 15.5. The molecule has 0 atom stereocenters. The van der Waals surface area contributed by atoms with E-state index in [4.69, 9.17) is 5.73 Å². The minimum Gasteiger partial charge on any atom is -0.399 e. The molecule has 2 N–H and O–H groups in total. The molecule has 2 aliphatic carbocycles. The van der Waals surface area contributed by atoms with Gasteiger partial charge < -0.3 is 5.73 Å². The largest absolute Gasteiger partial charge is 0.399 e. The fourth-order valence-corrected chi connectivity index (χ4v) is 3.31. The van der Waals surface area contributed by atoms with E-state index >= 15 is 0 Å². The normalized spacial score (nSPS) is 20.1. The second-order valence-corrected chi connectivity index (χ2v) is 6.43. The molecule has 1 aromatic carbocycles. The van der Waals surface area contributed by atoms with Crippen LogP contribution in [0.1, 0.15) is 31.2 Å². The molecular formula is C15H19N5. The molecule has 5 nitrogen and oxygen atoms in total. The lowest BCUT2D eigenvalue weighted by Gasteiger charge is -2.14. The van der Waals surface area contributed by atoms with Crippen molar-refractivity contribution in [1.29, 1.82) is 0 Å². The smallest absolute Gasteiger partial charge is 0.182 e. The SMILES string of the molecule is Cc1cc(N)cc(-c2nnnn2CC2(C3CC3)CC2)c1. The summed E-state index contributed by atoms with van der Waals surface area (Å²) in [5.74, 6) is 1.74. The van der Waals surface area contributed by atoms with Crippen LogP contribution in [0.3, 0.4) is 0 Å². The number of nitrogens with zero attached hydrogens (tertiary/aromatic N) is 4. The van der Waals surface area contributed by atoms with E-state index < -0.39 is 0 Å². The zero-order valence-electron chi connectivity index (χ0n) is 11.7. The van der Waals surface area contributed by atoms with Crippen molar-refractivity contribution in [3.8, 4) is 11.4 Å². The monoisotopic (exact) mass is 269 g/mol. The molecule has 0 spiro atoms. The quantitative estimate of drug-likeness (QED) is 0.865. The van der Waals surface area contributed by atoms with Crippen LogP contribution in [-0.2, 0) is 6.54 Å². The number of nitrogen functional groups attached to an aromatic ring is 1. The molecule has 2 aliphatic rings. The van der Waals surface area contributed by atoms with Crippen molar-refractivity contribution in [3.63, 3.8) is 0 Å². The van der Waals surface area contributed by atoms with Crippen LogP contribution in [0.2, 0.25) is 0 Å². The molecule has 5 heteroatoms. The molecule has 2 aromatic rings. The molecule has 0 amide bonds. The number of hydrogen-bond acceptors (Lipinski definition) is 4. The Bertz CT molecular complexity index is 632. The second kappa shape index (κ2) is 4.04. The third-order valence-electron chi connectivity index (χ3n) is 4.69. The van der Waals surface area contributed by atoms with Crippen LogP contribution in [0.4, 0.5) is 5.69 Å². The van der Waals surface area contributed by atoms with Gasteiger partial charge in [-0.3, -0.25) is 0 Å². The minimum atomic E-state index is 0.486. The van der Waals surface area contributed by atoms with Crippen LogP contribution in [0.5, 0.6) is 0 Å². The number of aryl methyl sites for hydroxylation is 1. The number of rotatable bonds is 4. The summed E-state index contributed by atoms with van der Waals surface area (Å²) in [4.78, 5) is 0.